The van der Waals surface area contributed by atoms with Gasteiger partial charge in [0.1, 0.15) is 5.75 Å². The molecule has 1 atom stereocenters. The molecule has 0 aliphatic rings. The lowest BCUT2D eigenvalue weighted by atomic mass is 9.95. The molecule has 0 radical (unpaired) electrons. The summed E-state index contributed by atoms with van der Waals surface area (Å²) in [4.78, 5) is 4.57. The van der Waals surface area contributed by atoms with Crippen molar-refractivity contribution in [1.82, 2.24) is 4.98 Å². The largest absolute Gasteiger partial charge is 0.497 e. The van der Waals surface area contributed by atoms with Gasteiger partial charge in [-0.3, -0.25) is 4.98 Å². The average molecular weight is 278 g/mol. The first-order chi connectivity index (χ1) is 10.2. The normalized spacial score (nSPS) is 12.3. The van der Waals surface area contributed by atoms with Gasteiger partial charge >= 0.3 is 0 Å². The van der Waals surface area contributed by atoms with E-state index in [1.54, 1.807) is 7.11 Å². The van der Waals surface area contributed by atoms with Crippen LogP contribution in [-0.2, 0) is 0 Å². The number of rotatable bonds is 3. The molecular formula is C18H18N2O. The maximum atomic E-state index is 6.49. The smallest absolute Gasteiger partial charge is 0.119 e. The number of hydrogen-bond donors (Lipinski definition) is 1. The average Bonchev–Trinajstić information content (AvgIpc) is 2.53. The Morgan fingerprint density at radius 3 is 2.67 bits per heavy atom. The first-order valence-electron chi connectivity index (χ1n) is 6.95. The zero-order valence-corrected chi connectivity index (χ0v) is 12.2. The fourth-order valence-corrected chi connectivity index (χ4v) is 2.61. The second-order valence-electron chi connectivity index (χ2n) is 5.12. The van der Waals surface area contributed by atoms with Crippen LogP contribution in [0.1, 0.15) is 22.9 Å². The molecule has 1 aromatic heterocycles. The van der Waals surface area contributed by atoms with Crippen LogP contribution in [0, 0.1) is 6.92 Å². The number of para-hydroxylation sites is 1. The molecule has 0 fully saturated rings. The highest BCUT2D eigenvalue weighted by atomic mass is 16.5. The standard InChI is InChI=1S/C18H18N2O/c1-12-10-16(15-8-3-4-9-17(15)20-12)18(19)13-6-5-7-14(11-13)21-2/h3-11,18H,19H2,1-2H3. The fraction of sp³-hybridized carbons (Fsp3) is 0.167. The highest BCUT2D eigenvalue weighted by Crippen LogP contribution is 2.28. The molecule has 2 N–H and O–H groups in total. The fourth-order valence-electron chi connectivity index (χ4n) is 2.61. The summed E-state index contributed by atoms with van der Waals surface area (Å²) in [6, 6.07) is 17.8. The van der Waals surface area contributed by atoms with Crippen LogP contribution >= 0.6 is 0 Å². The number of ether oxygens (including phenoxy) is 1. The van der Waals surface area contributed by atoms with E-state index in [1.807, 2.05) is 49.4 Å². The molecule has 0 aliphatic heterocycles. The third kappa shape index (κ3) is 2.60. The molecule has 0 spiro atoms. The second-order valence-corrected chi connectivity index (χ2v) is 5.12. The van der Waals surface area contributed by atoms with E-state index in [2.05, 4.69) is 17.1 Å². The topological polar surface area (TPSA) is 48.1 Å². The Morgan fingerprint density at radius 1 is 1.05 bits per heavy atom. The maximum absolute atomic E-state index is 6.49. The Morgan fingerprint density at radius 2 is 1.86 bits per heavy atom. The van der Waals surface area contributed by atoms with Crippen molar-refractivity contribution in [2.45, 2.75) is 13.0 Å². The highest BCUT2D eigenvalue weighted by molar-refractivity contribution is 5.83. The van der Waals surface area contributed by atoms with E-state index < -0.39 is 0 Å². The quantitative estimate of drug-likeness (QED) is 0.796. The van der Waals surface area contributed by atoms with Crippen molar-refractivity contribution in [2.24, 2.45) is 5.73 Å². The van der Waals surface area contributed by atoms with E-state index in [9.17, 15) is 0 Å². The molecule has 21 heavy (non-hydrogen) atoms. The zero-order chi connectivity index (χ0) is 14.8. The first kappa shape index (κ1) is 13.6. The molecule has 3 rings (SSSR count). The van der Waals surface area contributed by atoms with Crippen LogP contribution in [0.5, 0.6) is 5.75 Å². The van der Waals surface area contributed by atoms with Crippen LogP contribution in [0.15, 0.2) is 54.6 Å². The lowest BCUT2D eigenvalue weighted by Crippen LogP contribution is -2.13. The van der Waals surface area contributed by atoms with E-state index in [4.69, 9.17) is 10.5 Å². The van der Waals surface area contributed by atoms with Crippen LogP contribution in [0.25, 0.3) is 10.9 Å². The van der Waals surface area contributed by atoms with Gasteiger partial charge in [-0.25, -0.2) is 0 Å². The number of methoxy groups -OCH3 is 1. The summed E-state index contributed by atoms with van der Waals surface area (Å²) in [5, 5.41) is 1.10. The van der Waals surface area contributed by atoms with Crippen LogP contribution in [-0.4, -0.2) is 12.1 Å². The number of nitrogens with two attached hydrogens (primary N) is 1. The molecule has 3 aromatic rings. The lowest BCUT2D eigenvalue weighted by molar-refractivity contribution is 0.414. The molecule has 1 heterocycles. The Kier molecular flexibility index (Phi) is 3.59. The molecular weight excluding hydrogens is 260 g/mol. The van der Waals surface area contributed by atoms with Crippen molar-refractivity contribution < 1.29 is 4.74 Å². The Balaban J connectivity index is 2.14. The van der Waals surface area contributed by atoms with Gasteiger partial charge in [-0.05, 0) is 42.3 Å². The number of hydrogen-bond acceptors (Lipinski definition) is 3. The van der Waals surface area contributed by atoms with Gasteiger partial charge in [0.2, 0.25) is 0 Å². The van der Waals surface area contributed by atoms with Crippen molar-refractivity contribution in [2.75, 3.05) is 7.11 Å². The first-order valence-corrected chi connectivity index (χ1v) is 6.95. The molecule has 0 saturated heterocycles. The van der Waals surface area contributed by atoms with E-state index in [-0.39, 0.29) is 6.04 Å². The maximum Gasteiger partial charge on any atom is 0.119 e. The third-order valence-corrected chi connectivity index (χ3v) is 3.66. The number of nitrogens with zero attached hydrogens (tertiary/aromatic N) is 1. The van der Waals surface area contributed by atoms with Gasteiger partial charge in [0.15, 0.2) is 0 Å². The van der Waals surface area contributed by atoms with Gasteiger partial charge in [0.05, 0.1) is 18.7 Å². The van der Waals surface area contributed by atoms with Gasteiger partial charge in [-0.1, -0.05) is 30.3 Å². The Hall–Kier alpha value is -2.39. The third-order valence-electron chi connectivity index (χ3n) is 3.66. The molecule has 0 amide bonds. The Bertz CT molecular complexity index is 783. The van der Waals surface area contributed by atoms with Gasteiger partial charge in [-0.2, -0.15) is 0 Å². The van der Waals surface area contributed by atoms with Crippen molar-refractivity contribution in [3.63, 3.8) is 0 Å². The van der Waals surface area contributed by atoms with Crippen molar-refractivity contribution in [1.29, 1.82) is 0 Å². The van der Waals surface area contributed by atoms with Gasteiger partial charge in [-0.15, -0.1) is 0 Å². The number of benzene rings is 2. The second kappa shape index (κ2) is 5.54. The van der Waals surface area contributed by atoms with Crippen LogP contribution in [0.4, 0.5) is 0 Å². The molecule has 106 valence electrons. The van der Waals surface area contributed by atoms with E-state index >= 15 is 0 Å². The van der Waals surface area contributed by atoms with Gasteiger partial charge < -0.3 is 10.5 Å². The summed E-state index contributed by atoms with van der Waals surface area (Å²) in [7, 11) is 1.66. The summed E-state index contributed by atoms with van der Waals surface area (Å²) >= 11 is 0. The summed E-state index contributed by atoms with van der Waals surface area (Å²) < 4.78 is 5.28. The summed E-state index contributed by atoms with van der Waals surface area (Å²) in [5.74, 6) is 0.818. The van der Waals surface area contributed by atoms with Gasteiger partial charge in [0, 0.05) is 11.1 Å². The molecule has 2 aromatic carbocycles. The Labute approximate surface area is 124 Å². The predicted octanol–water partition coefficient (Wildman–Crippen LogP) is 3.60. The molecule has 1 unspecified atom stereocenters. The number of aryl methyl sites for hydroxylation is 1. The van der Waals surface area contributed by atoms with Crippen molar-refractivity contribution in [3.05, 3.63) is 71.4 Å². The minimum absolute atomic E-state index is 0.202. The lowest BCUT2D eigenvalue weighted by Gasteiger charge is -2.16. The summed E-state index contributed by atoms with van der Waals surface area (Å²) in [6.45, 7) is 1.99. The minimum Gasteiger partial charge on any atom is -0.497 e. The van der Waals surface area contributed by atoms with Crippen molar-refractivity contribution >= 4 is 10.9 Å². The van der Waals surface area contributed by atoms with Crippen LogP contribution in [0.2, 0.25) is 0 Å². The van der Waals surface area contributed by atoms with Crippen LogP contribution in [0.3, 0.4) is 0 Å². The minimum atomic E-state index is -0.202. The number of aromatic nitrogens is 1. The number of fused-ring (bicyclic) bond motifs is 1. The SMILES string of the molecule is COc1cccc(C(N)c2cc(C)nc3ccccc23)c1. The van der Waals surface area contributed by atoms with Crippen molar-refractivity contribution in [3.8, 4) is 5.75 Å². The summed E-state index contributed by atoms with van der Waals surface area (Å²) in [5.41, 5.74) is 10.6. The van der Waals surface area contributed by atoms with Gasteiger partial charge in [0.25, 0.3) is 0 Å². The number of pyridine rings is 1. The van der Waals surface area contributed by atoms with E-state index in [1.165, 1.54) is 0 Å². The summed E-state index contributed by atoms with van der Waals surface area (Å²) in [6.07, 6.45) is 0. The molecule has 3 nitrogen and oxygen atoms in total. The zero-order valence-electron chi connectivity index (χ0n) is 12.2. The monoisotopic (exact) mass is 278 g/mol. The van der Waals surface area contributed by atoms with E-state index in [0.29, 0.717) is 0 Å². The molecule has 0 bridgehead atoms. The molecule has 0 aliphatic carbocycles. The van der Waals surface area contributed by atoms with E-state index in [0.717, 1.165) is 33.5 Å². The molecule has 0 saturated carbocycles. The molecule has 3 heteroatoms. The van der Waals surface area contributed by atoms with Crippen LogP contribution < -0.4 is 10.5 Å². The predicted molar refractivity (Wildman–Crippen MR) is 85.5 cm³/mol. The highest BCUT2D eigenvalue weighted by Gasteiger charge is 2.14.